The number of hydrogen-bond acceptors (Lipinski definition) is 4. The van der Waals surface area contributed by atoms with Crippen LogP contribution in [0, 0.1) is 0 Å². The average Bonchev–Trinajstić information content (AvgIpc) is 2.53. The van der Waals surface area contributed by atoms with Crippen LogP contribution in [0.1, 0.15) is 50.1 Å². The van der Waals surface area contributed by atoms with Gasteiger partial charge in [-0.25, -0.2) is 0 Å². The topological polar surface area (TPSA) is 61.5 Å². The van der Waals surface area contributed by atoms with E-state index in [1.165, 1.54) is 0 Å². The maximum Gasteiger partial charge on any atom is 0.306 e. The van der Waals surface area contributed by atoms with Gasteiger partial charge in [0.2, 0.25) is 0 Å². The molecule has 0 aliphatic heterocycles. The van der Waals surface area contributed by atoms with Crippen LogP contribution in [-0.4, -0.2) is 25.3 Å². The summed E-state index contributed by atoms with van der Waals surface area (Å²) < 4.78 is 10.9. The van der Waals surface area contributed by atoms with Crippen molar-refractivity contribution in [1.29, 1.82) is 0 Å². The van der Waals surface area contributed by atoms with Crippen LogP contribution in [0.15, 0.2) is 30.3 Å². The second-order valence-electron chi connectivity index (χ2n) is 5.69. The molecule has 1 saturated carbocycles. The van der Waals surface area contributed by atoms with E-state index in [1.54, 1.807) is 7.11 Å². The smallest absolute Gasteiger partial charge is 0.306 e. The number of methoxy groups -OCH3 is 1. The lowest BCUT2D eigenvalue weighted by molar-refractivity contribution is -0.152. The van der Waals surface area contributed by atoms with E-state index >= 15 is 0 Å². The molecule has 0 spiro atoms. The van der Waals surface area contributed by atoms with Crippen molar-refractivity contribution in [3.63, 3.8) is 0 Å². The van der Waals surface area contributed by atoms with Gasteiger partial charge in [0.25, 0.3) is 0 Å². The van der Waals surface area contributed by atoms with Crippen LogP contribution in [0.4, 0.5) is 0 Å². The van der Waals surface area contributed by atoms with Crippen molar-refractivity contribution in [3.05, 3.63) is 35.9 Å². The summed E-state index contributed by atoms with van der Waals surface area (Å²) in [4.78, 5) is 11.9. The second kappa shape index (κ2) is 8.15. The van der Waals surface area contributed by atoms with Gasteiger partial charge >= 0.3 is 5.97 Å². The number of rotatable bonds is 6. The zero-order valence-electron chi connectivity index (χ0n) is 12.7. The van der Waals surface area contributed by atoms with E-state index in [4.69, 9.17) is 15.2 Å². The van der Waals surface area contributed by atoms with Crippen LogP contribution in [0.2, 0.25) is 0 Å². The van der Waals surface area contributed by atoms with Crippen LogP contribution in [-0.2, 0) is 14.3 Å². The highest BCUT2D eigenvalue weighted by atomic mass is 16.5. The van der Waals surface area contributed by atoms with E-state index in [1.807, 2.05) is 30.3 Å². The van der Waals surface area contributed by atoms with E-state index in [-0.39, 0.29) is 24.2 Å². The summed E-state index contributed by atoms with van der Waals surface area (Å²) in [6, 6.07) is 9.73. The molecule has 0 bridgehead atoms. The second-order valence-corrected chi connectivity index (χ2v) is 5.69. The summed E-state index contributed by atoms with van der Waals surface area (Å²) in [6.07, 6.45) is 5.08. The highest BCUT2D eigenvalue weighted by molar-refractivity contribution is 5.69. The fourth-order valence-electron chi connectivity index (χ4n) is 2.81. The van der Waals surface area contributed by atoms with Gasteiger partial charge in [0, 0.05) is 26.0 Å². The standard InChI is InChI=1S/C17H25NO3/c1-20-14-8-5-9-15(12-14)21-17(19)11-10-16(18)13-6-3-2-4-7-13/h2-4,6-7,14-16H,5,8-12,18H2,1H3. The zero-order chi connectivity index (χ0) is 15.1. The summed E-state index contributed by atoms with van der Waals surface area (Å²) >= 11 is 0. The van der Waals surface area contributed by atoms with Crippen LogP contribution in [0.5, 0.6) is 0 Å². The first-order chi connectivity index (χ1) is 10.2. The molecule has 116 valence electrons. The van der Waals surface area contributed by atoms with Crippen molar-refractivity contribution < 1.29 is 14.3 Å². The Morgan fingerprint density at radius 1 is 1.29 bits per heavy atom. The molecule has 1 aliphatic rings. The Hall–Kier alpha value is -1.39. The Kier molecular flexibility index (Phi) is 6.21. The van der Waals surface area contributed by atoms with Crippen molar-refractivity contribution in [1.82, 2.24) is 0 Å². The maximum absolute atomic E-state index is 11.9. The molecule has 4 nitrogen and oxygen atoms in total. The average molecular weight is 291 g/mol. The number of ether oxygens (including phenoxy) is 2. The van der Waals surface area contributed by atoms with E-state index in [2.05, 4.69) is 0 Å². The fourth-order valence-corrected chi connectivity index (χ4v) is 2.81. The normalized spacial score (nSPS) is 23.5. The monoisotopic (exact) mass is 291 g/mol. The van der Waals surface area contributed by atoms with Crippen LogP contribution in [0.3, 0.4) is 0 Å². The molecule has 3 unspecified atom stereocenters. The molecule has 1 fully saturated rings. The Morgan fingerprint density at radius 3 is 2.71 bits per heavy atom. The number of carbonyl (C=O) groups excluding carboxylic acids is 1. The van der Waals surface area contributed by atoms with Crippen molar-refractivity contribution >= 4 is 5.97 Å². The van der Waals surface area contributed by atoms with Crippen LogP contribution < -0.4 is 5.73 Å². The van der Waals surface area contributed by atoms with E-state index < -0.39 is 0 Å². The third-order valence-corrected chi connectivity index (χ3v) is 4.10. The number of hydrogen-bond donors (Lipinski definition) is 1. The molecule has 0 aromatic heterocycles. The van der Waals surface area contributed by atoms with Gasteiger partial charge in [0.15, 0.2) is 0 Å². The molecule has 3 atom stereocenters. The number of benzene rings is 1. The predicted octanol–water partition coefficient (Wildman–Crippen LogP) is 2.97. The lowest BCUT2D eigenvalue weighted by Gasteiger charge is -2.28. The minimum Gasteiger partial charge on any atom is -0.462 e. The molecular formula is C17H25NO3. The van der Waals surface area contributed by atoms with Gasteiger partial charge in [0.1, 0.15) is 6.10 Å². The third kappa shape index (κ3) is 5.14. The van der Waals surface area contributed by atoms with Crippen molar-refractivity contribution in [2.45, 2.75) is 56.8 Å². The molecule has 4 heteroatoms. The van der Waals surface area contributed by atoms with Gasteiger partial charge in [-0.2, -0.15) is 0 Å². The van der Waals surface area contributed by atoms with Crippen molar-refractivity contribution in [3.8, 4) is 0 Å². The van der Waals surface area contributed by atoms with Crippen LogP contribution >= 0.6 is 0 Å². The summed E-state index contributed by atoms with van der Waals surface area (Å²) in [7, 11) is 1.72. The predicted molar refractivity (Wildman–Crippen MR) is 81.7 cm³/mol. The lowest BCUT2D eigenvalue weighted by Crippen LogP contribution is -2.29. The fraction of sp³-hybridized carbons (Fsp3) is 0.588. The Labute approximate surface area is 126 Å². The number of esters is 1. The molecule has 2 N–H and O–H groups in total. The van der Waals surface area contributed by atoms with Gasteiger partial charge in [-0.3, -0.25) is 4.79 Å². The van der Waals surface area contributed by atoms with E-state index in [9.17, 15) is 4.79 Å². The first-order valence-electron chi connectivity index (χ1n) is 7.72. The zero-order valence-corrected chi connectivity index (χ0v) is 12.7. The summed E-state index contributed by atoms with van der Waals surface area (Å²) in [5, 5.41) is 0. The molecule has 0 heterocycles. The largest absolute Gasteiger partial charge is 0.462 e. The highest BCUT2D eigenvalue weighted by Gasteiger charge is 2.24. The molecular weight excluding hydrogens is 266 g/mol. The first kappa shape index (κ1) is 16.0. The first-order valence-corrected chi connectivity index (χ1v) is 7.72. The number of nitrogens with two attached hydrogens (primary N) is 1. The molecule has 1 aromatic carbocycles. The minimum absolute atomic E-state index is 0.00384. The van der Waals surface area contributed by atoms with Crippen molar-refractivity contribution in [2.24, 2.45) is 5.73 Å². The molecule has 0 amide bonds. The van der Waals surface area contributed by atoms with Crippen molar-refractivity contribution in [2.75, 3.05) is 7.11 Å². The van der Waals surface area contributed by atoms with Gasteiger partial charge in [-0.15, -0.1) is 0 Å². The summed E-state index contributed by atoms with van der Waals surface area (Å²) in [5.74, 6) is -0.150. The maximum atomic E-state index is 11.9. The Bertz CT molecular complexity index is 435. The summed E-state index contributed by atoms with van der Waals surface area (Å²) in [5.41, 5.74) is 7.15. The third-order valence-electron chi connectivity index (χ3n) is 4.10. The Morgan fingerprint density at radius 2 is 2.00 bits per heavy atom. The quantitative estimate of drug-likeness (QED) is 0.819. The minimum atomic E-state index is -0.150. The van der Waals surface area contributed by atoms with Gasteiger partial charge < -0.3 is 15.2 Å². The molecule has 2 rings (SSSR count). The Balaban J connectivity index is 1.72. The van der Waals surface area contributed by atoms with Crippen LogP contribution in [0.25, 0.3) is 0 Å². The molecule has 0 radical (unpaired) electrons. The van der Waals surface area contributed by atoms with Gasteiger partial charge in [-0.1, -0.05) is 30.3 Å². The van der Waals surface area contributed by atoms with E-state index in [0.29, 0.717) is 12.8 Å². The molecule has 1 aliphatic carbocycles. The molecule has 1 aromatic rings. The van der Waals surface area contributed by atoms with E-state index in [0.717, 1.165) is 31.2 Å². The lowest BCUT2D eigenvalue weighted by atomic mass is 9.95. The van der Waals surface area contributed by atoms with Gasteiger partial charge in [-0.05, 0) is 31.2 Å². The molecule has 21 heavy (non-hydrogen) atoms. The summed E-state index contributed by atoms with van der Waals surface area (Å²) in [6.45, 7) is 0. The number of carbonyl (C=O) groups is 1. The van der Waals surface area contributed by atoms with Gasteiger partial charge in [0.05, 0.1) is 6.10 Å². The molecule has 0 saturated heterocycles. The highest BCUT2D eigenvalue weighted by Crippen LogP contribution is 2.24. The SMILES string of the molecule is COC1CCCC(OC(=O)CCC(N)c2ccccc2)C1.